The van der Waals surface area contributed by atoms with E-state index in [2.05, 4.69) is 46.6 Å². The van der Waals surface area contributed by atoms with Crippen molar-refractivity contribution >= 4 is 11.8 Å². The quantitative estimate of drug-likeness (QED) is 0.626. The zero-order valence-corrected chi connectivity index (χ0v) is 18.4. The number of carbonyl (C=O) groups is 2. The highest BCUT2D eigenvalue weighted by Gasteiger charge is 2.32. The minimum atomic E-state index is -0.455. The Balaban J connectivity index is 1.41. The van der Waals surface area contributed by atoms with Crippen LogP contribution >= 0.6 is 0 Å². The molecule has 32 heavy (non-hydrogen) atoms. The number of rotatable bonds is 7. The number of carbonyl (C=O) groups excluding carboxylic acids is 2. The van der Waals surface area contributed by atoms with Crippen molar-refractivity contribution in [3.63, 3.8) is 0 Å². The largest absolute Gasteiger partial charge is 0.353 e. The van der Waals surface area contributed by atoms with Crippen LogP contribution in [0.5, 0.6) is 0 Å². The molecule has 3 aromatic rings. The topological polar surface area (TPSA) is 52.7 Å². The standard InChI is InChI=1S/C27H29N3O2/c1-29(19-21-8-4-2-5-9-21)26(31)18-25-27(32)28-16-17-30(25)20-22-12-14-24(15-13-22)23-10-6-3-7-11-23/h2-15,25H,16-20H2,1H3,(H,28,32)/t25-/m0/s1. The number of nitrogens with one attached hydrogen (secondary N) is 1. The van der Waals surface area contributed by atoms with Crippen molar-refractivity contribution in [2.75, 3.05) is 20.1 Å². The Kier molecular flexibility index (Phi) is 6.97. The summed E-state index contributed by atoms with van der Waals surface area (Å²) in [4.78, 5) is 29.3. The summed E-state index contributed by atoms with van der Waals surface area (Å²) in [6.07, 6.45) is 0.178. The third kappa shape index (κ3) is 5.42. The second kappa shape index (κ2) is 10.2. The van der Waals surface area contributed by atoms with E-state index in [1.54, 1.807) is 11.9 Å². The third-order valence-corrected chi connectivity index (χ3v) is 5.94. The molecule has 1 aliphatic heterocycles. The molecule has 1 atom stereocenters. The molecule has 1 fully saturated rings. The van der Waals surface area contributed by atoms with Crippen LogP contribution in [0.2, 0.25) is 0 Å². The average Bonchev–Trinajstić information content (AvgIpc) is 2.83. The molecule has 0 unspecified atom stereocenters. The molecule has 5 heteroatoms. The smallest absolute Gasteiger partial charge is 0.237 e. The average molecular weight is 428 g/mol. The molecule has 3 aromatic carbocycles. The van der Waals surface area contributed by atoms with Crippen molar-refractivity contribution in [3.05, 3.63) is 96.1 Å². The fourth-order valence-corrected chi connectivity index (χ4v) is 4.11. The Bertz CT molecular complexity index is 1040. The number of benzene rings is 3. The van der Waals surface area contributed by atoms with Crippen LogP contribution in [-0.2, 0) is 22.7 Å². The van der Waals surface area contributed by atoms with Crippen molar-refractivity contribution in [1.29, 1.82) is 0 Å². The van der Waals surface area contributed by atoms with Crippen LogP contribution in [0.1, 0.15) is 17.5 Å². The van der Waals surface area contributed by atoms with Gasteiger partial charge in [0.15, 0.2) is 0 Å². The maximum absolute atomic E-state index is 12.9. The first-order valence-electron chi connectivity index (χ1n) is 11.0. The van der Waals surface area contributed by atoms with Crippen LogP contribution in [0.3, 0.4) is 0 Å². The second-order valence-corrected chi connectivity index (χ2v) is 8.28. The zero-order valence-electron chi connectivity index (χ0n) is 18.4. The molecule has 5 nitrogen and oxygen atoms in total. The van der Waals surface area contributed by atoms with Crippen molar-refractivity contribution in [1.82, 2.24) is 15.1 Å². The van der Waals surface area contributed by atoms with Gasteiger partial charge < -0.3 is 10.2 Å². The van der Waals surface area contributed by atoms with Gasteiger partial charge in [-0.1, -0.05) is 84.9 Å². The van der Waals surface area contributed by atoms with Gasteiger partial charge in [0.1, 0.15) is 0 Å². The van der Waals surface area contributed by atoms with Crippen LogP contribution in [-0.4, -0.2) is 47.8 Å². The number of hydrogen-bond donors (Lipinski definition) is 1. The van der Waals surface area contributed by atoms with Crippen LogP contribution in [0.15, 0.2) is 84.9 Å². The van der Waals surface area contributed by atoms with Gasteiger partial charge in [-0.25, -0.2) is 0 Å². The summed E-state index contributed by atoms with van der Waals surface area (Å²) in [6, 6.07) is 28.1. The molecule has 1 N–H and O–H groups in total. The van der Waals surface area contributed by atoms with E-state index in [-0.39, 0.29) is 18.2 Å². The predicted molar refractivity (Wildman–Crippen MR) is 127 cm³/mol. The van der Waals surface area contributed by atoms with E-state index in [1.807, 2.05) is 48.5 Å². The molecule has 1 saturated heterocycles. The lowest BCUT2D eigenvalue weighted by molar-refractivity contribution is -0.138. The van der Waals surface area contributed by atoms with Gasteiger partial charge in [-0.15, -0.1) is 0 Å². The highest BCUT2D eigenvalue weighted by molar-refractivity contribution is 5.88. The van der Waals surface area contributed by atoms with E-state index in [0.717, 1.165) is 17.7 Å². The van der Waals surface area contributed by atoms with Crippen LogP contribution in [0, 0.1) is 0 Å². The summed E-state index contributed by atoms with van der Waals surface area (Å²) < 4.78 is 0. The fraction of sp³-hybridized carbons (Fsp3) is 0.259. The maximum atomic E-state index is 12.9. The van der Waals surface area contributed by atoms with Gasteiger partial charge >= 0.3 is 0 Å². The van der Waals surface area contributed by atoms with Gasteiger partial charge in [0.05, 0.1) is 12.5 Å². The molecular formula is C27H29N3O2. The van der Waals surface area contributed by atoms with Gasteiger partial charge in [-0.3, -0.25) is 14.5 Å². The normalized spacial score (nSPS) is 16.4. The molecule has 0 aliphatic carbocycles. The molecule has 1 heterocycles. The SMILES string of the molecule is CN(Cc1ccccc1)C(=O)C[C@H]1C(=O)NCCN1Cc1ccc(-c2ccccc2)cc1. The minimum Gasteiger partial charge on any atom is -0.353 e. The fourth-order valence-electron chi connectivity index (χ4n) is 4.11. The Hall–Kier alpha value is -3.44. The van der Waals surface area contributed by atoms with Gasteiger partial charge in [0, 0.05) is 33.2 Å². The van der Waals surface area contributed by atoms with E-state index < -0.39 is 6.04 Å². The first-order chi connectivity index (χ1) is 15.6. The minimum absolute atomic E-state index is 0.0275. The highest BCUT2D eigenvalue weighted by atomic mass is 16.2. The van der Waals surface area contributed by atoms with Crippen molar-refractivity contribution in [2.24, 2.45) is 0 Å². The van der Waals surface area contributed by atoms with Gasteiger partial charge in [-0.2, -0.15) is 0 Å². The Morgan fingerprint density at radius 3 is 2.22 bits per heavy atom. The number of nitrogens with zero attached hydrogens (tertiary/aromatic N) is 2. The second-order valence-electron chi connectivity index (χ2n) is 8.28. The van der Waals surface area contributed by atoms with Gasteiger partial charge in [0.25, 0.3) is 0 Å². The number of hydrogen-bond acceptors (Lipinski definition) is 3. The monoisotopic (exact) mass is 427 g/mol. The van der Waals surface area contributed by atoms with Crippen LogP contribution in [0.25, 0.3) is 11.1 Å². The Morgan fingerprint density at radius 1 is 0.906 bits per heavy atom. The lowest BCUT2D eigenvalue weighted by Gasteiger charge is -2.35. The zero-order chi connectivity index (χ0) is 22.3. The summed E-state index contributed by atoms with van der Waals surface area (Å²) in [5.41, 5.74) is 4.56. The molecule has 0 bridgehead atoms. The van der Waals surface area contributed by atoms with Gasteiger partial charge in [0.2, 0.25) is 11.8 Å². The Labute approximate surface area is 189 Å². The first-order valence-corrected chi connectivity index (χ1v) is 11.0. The molecule has 0 radical (unpaired) electrons. The summed E-state index contributed by atoms with van der Waals surface area (Å²) in [5, 5.41) is 2.92. The maximum Gasteiger partial charge on any atom is 0.237 e. The molecule has 4 rings (SSSR count). The molecule has 0 saturated carbocycles. The molecule has 0 spiro atoms. The molecule has 164 valence electrons. The summed E-state index contributed by atoms with van der Waals surface area (Å²) in [7, 11) is 1.79. The summed E-state index contributed by atoms with van der Waals surface area (Å²) in [6.45, 7) is 2.51. The lowest BCUT2D eigenvalue weighted by atomic mass is 10.0. The van der Waals surface area contributed by atoms with Crippen LogP contribution < -0.4 is 5.32 Å². The molecule has 1 aliphatic rings. The van der Waals surface area contributed by atoms with Crippen molar-refractivity contribution in [3.8, 4) is 11.1 Å². The van der Waals surface area contributed by atoms with E-state index in [0.29, 0.717) is 19.6 Å². The highest BCUT2D eigenvalue weighted by Crippen LogP contribution is 2.21. The number of piperazine rings is 1. The van der Waals surface area contributed by atoms with Crippen molar-refractivity contribution < 1.29 is 9.59 Å². The van der Waals surface area contributed by atoms with E-state index in [1.165, 1.54) is 11.1 Å². The predicted octanol–water partition coefficient (Wildman–Crippen LogP) is 3.70. The lowest BCUT2D eigenvalue weighted by Crippen LogP contribution is -2.56. The van der Waals surface area contributed by atoms with E-state index >= 15 is 0 Å². The summed E-state index contributed by atoms with van der Waals surface area (Å²) >= 11 is 0. The number of amides is 2. The molecule has 0 aromatic heterocycles. The Morgan fingerprint density at radius 2 is 1.53 bits per heavy atom. The molecule has 2 amide bonds. The van der Waals surface area contributed by atoms with E-state index in [4.69, 9.17) is 0 Å². The van der Waals surface area contributed by atoms with Crippen LogP contribution in [0.4, 0.5) is 0 Å². The molecular weight excluding hydrogens is 398 g/mol. The third-order valence-electron chi connectivity index (χ3n) is 5.94. The van der Waals surface area contributed by atoms with E-state index in [9.17, 15) is 9.59 Å². The first kappa shape index (κ1) is 21.8. The van der Waals surface area contributed by atoms with Crippen molar-refractivity contribution in [2.45, 2.75) is 25.6 Å². The summed E-state index contributed by atoms with van der Waals surface area (Å²) in [5.74, 6) is -0.0982. The van der Waals surface area contributed by atoms with Gasteiger partial charge in [-0.05, 0) is 22.3 Å².